The Morgan fingerprint density at radius 3 is 0.660 bits per heavy atom. The molecule has 0 fully saturated rings. The number of rotatable bonds is 84. The minimum atomic E-state index is -4.96. The first-order valence-electron chi connectivity index (χ1n) is 43.6. The van der Waals surface area contributed by atoms with E-state index in [1.165, 1.54) is 276 Å². The van der Waals surface area contributed by atoms with Gasteiger partial charge in [-0.2, -0.15) is 0 Å². The van der Waals surface area contributed by atoms with Crippen molar-refractivity contribution in [3.05, 3.63) is 0 Å². The molecule has 0 bridgehead atoms. The van der Waals surface area contributed by atoms with Crippen molar-refractivity contribution in [1.82, 2.24) is 0 Å². The van der Waals surface area contributed by atoms with Crippen molar-refractivity contribution in [3.63, 3.8) is 0 Å². The smallest absolute Gasteiger partial charge is 0.462 e. The van der Waals surface area contributed by atoms with Gasteiger partial charge in [-0.15, -0.1) is 0 Å². The van der Waals surface area contributed by atoms with E-state index in [-0.39, 0.29) is 25.7 Å². The molecule has 2 unspecified atom stereocenters. The Labute approximate surface area is 632 Å². The minimum Gasteiger partial charge on any atom is -0.462 e. The summed E-state index contributed by atoms with van der Waals surface area (Å²) in [6.07, 6.45) is 69.3. The van der Waals surface area contributed by atoms with Crippen LogP contribution in [0, 0.1) is 5.92 Å². The molecular formula is C84H164O17P2. The molecule has 3 N–H and O–H groups in total. The van der Waals surface area contributed by atoms with Crippen LogP contribution in [-0.2, 0) is 65.4 Å². The fourth-order valence-corrected chi connectivity index (χ4v) is 14.7. The molecule has 0 aliphatic rings. The summed E-state index contributed by atoms with van der Waals surface area (Å²) in [4.78, 5) is 73.2. The van der Waals surface area contributed by atoms with Crippen molar-refractivity contribution in [2.75, 3.05) is 39.6 Å². The summed E-state index contributed by atoms with van der Waals surface area (Å²) in [5.74, 6) is -1.32. The van der Waals surface area contributed by atoms with Crippen LogP contribution in [0.4, 0.5) is 0 Å². The van der Waals surface area contributed by atoms with E-state index in [1.54, 1.807) is 0 Å². The maximum absolute atomic E-state index is 13.1. The van der Waals surface area contributed by atoms with Gasteiger partial charge in [-0.1, -0.05) is 401 Å². The van der Waals surface area contributed by atoms with Gasteiger partial charge in [0.1, 0.15) is 19.3 Å². The number of carbonyl (C=O) groups excluding carboxylic acids is 4. The Kier molecular flexibility index (Phi) is 75.4. The normalized spacial score (nSPS) is 13.8. The molecule has 0 radical (unpaired) electrons. The molecule has 0 rings (SSSR count). The number of phosphoric ester groups is 2. The van der Waals surface area contributed by atoms with Crippen molar-refractivity contribution in [2.24, 2.45) is 5.92 Å². The van der Waals surface area contributed by atoms with Crippen molar-refractivity contribution >= 4 is 39.5 Å². The van der Waals surface area contributed by atoms with E-state index >= 15 is 0 Å². The average Bonchev–Trinajstić information content (AvgIpc) is 0.922. The predicted molar refractivity (Wildman–Crippen MR) is 423 cm³/mol. The van der Waals surface area contributed by atoms with Crippen molar-refractivity contribution in [2.45, 2.75) is 470 Å². The molecule has 17 nitrogen and oxygen atoms in total. The molecular weight excluding hydrogens is 1340 g/mol. The summed E-state index contributed by atoms with van der Waals surface area (Å²) in [5.41, 5.74) is 0. The standard InChI is InChI=1S/C84H164O17P2/c1-6-9-12-15-18-21-24-27-29-31-33-35-37-43-48-53-58-63-68-82(87)95-74-80(100-83(88)69-64-59-54-49-44-38-36-34-32-30-28-25-22-19-16-13-10-7-2)76-99-103(92,93)97-72-78(85)71-96-102(90,91)98-75-79(73-94-81(86)67-62-57-52-47-42-26-23-20-17-14-11-8-3)101-84(89)70-65-60-55-50-45-40-39-41-46-51-56-61-66-77(4)5/h77-80,85H,6-76H2,1-5H3,(H,90,91)(H,92,93)/t78-,79+,80+/m0/s1. The number of esters is 4. The number of aliphatic hydroxyl groups excluding tert-OH is 1. The lowest BCUT2D eigenvalue weighted by molar-refractivity contribution is -0.161. The lowest BCUT2D eigenvalue weighted by Gasteiger charge is -2.21. The third kappa shape index (κ3) is 78.0. The molecule has 0 saturated carbocycles. The second-order valence-electron chi connectivity index (χ2n) is 30.7. The van der Waals surface area contributed by atoms with Gasteiger partial charge < -0.3 is 33.8 Å². The highest BCUT2D eigenvalue weighted by atomic mass is 31.2. The van der Waals surface area contributed by atoms with Crippen LogP contribution >= 0.6 is 15.6 Å². The third-order valence-corrected chi connectivity index (χ3v) is 21.7. The lowest BCUT2D eigenvalue weighted by Crippen LogP contribution is -2.30. The van der Waals surface area contributed by atoms with Crippen molar-refractivity contribution < 1.29 is 80.2 Å². The van der Waals surface area contributed by atoms with Crippen LogP contribution in [0.2, 0.25) is 0 Å². The van der Waals surface area contributed by atoms with E-state index in [1.807, 2.05) is 0 Å². The number of phosphoric acid groups is 2. The topological polar surface area (TPSA) is 237 Å². The van der Waals surface area contributed by atoms with Gasteiger partial charge in [-0.3, -0.25) is 37.3 Å². The van der Waals surface area contributed by atoms with Gasteiger partial charge >= 0.3 is 39.5 Å². The largest absolute Gasteiger partial charge is 0.472 e. The van der Waals surface area contributed by atoms with Crippen LogP contribution in [0.15, 0.2) is 0 Å². The molecule has 5 atom stereocenters. The Hall–Kier alpha value is -1.94. The molecule has 0 aromatic heterocycles. The van der Waals surface area contributed by atoms with E-state index in [4.69, 9.17) is 37.0 Å². The molecule has 612 valence electrons. The molecule has 0 aliphatic heterocycles. The van der Waals surface area contributed by atoms with Crippen molar-refractivity contribution in [3.8, 4) is 0 Å². The van der Waals surface area contributed by atoms with Crippen molar-refractivity contribution in [1.29, 1.82) is 0 Å². The van der Waals surface area contributed by atoms with Crippen LogP contribution in [0.3, 0.4) is 0 Å². The first-order valence-corrected chi connectivity index (χ1v) is 46.6. The Balaban J connectivity index is 5.25. The van der Waals surface area contributed by atoms with Crippen LogP contribution in [0.25, 0.3) is 0 Å². The summed E-state index contributed by atoms with van der Waals surface area (Å²) in [5, 5.41) is 10.7. The molecule has 0 amide bonds. The number of carbonyl (C=O) groups is 4. The summed E-state index contributed by atoms with van der Waals surface area (Å²) >= 11 is 0. The van der Waals surface area contributed by atoms with E-state index in [9.17, 15) is 43.2 Å². The maximum Gasteiger partial charge on any atom is 0.472 e. The van der Waals surface area contributed by atoms with E-state index in [0.29, 0.717) is 25.7 Å². The van der Waals surface area contributed by atoms with Crippen LogP contribution in [0.5, 0.6) is 0 Å². The van der Waals surface area contributed by atoms with Gasteiger partial charge in [-0.25, -0.2) is 9.13 Å². The van der Waals surface area contributed by atoms with Gasteiger partial charge in [0.2, 0.25) is 0 Å². The Bertz CT molecular complexity index is 1960. The first-order chi connectivity index (χ1) is 50.0. The first kappa shape index (κ1) is 101. The third-order valence-electron chi connectivity index (χ3n) is 19.8. The summed E-state index contributed by atoms with van der Waals surface area (Å²) in [7, 11) is -9.92. The minimum absolute atomic E-state index is 0.108. The zero-order valence-electron chi connectivity index (χ0n) is 67.5. The molecule has 0 heterocycles. The molecule has 0 saturated heterocycles. The van der Waals surface area contributed by atoms with Gasteiger partial charge in [0.15, 0.2) is 12.2 Å². The van der Waals surface area contributed by atoms with Gasteiger partial charge in [-0.05, 0) is 31.6 Å². The maximum atomic E-state index is 13.1. The summed E-state index contributed by atoms with van der Waals surface area (Å²) < 4.78 is 68.9. The van der Waals surface area contributed by atoms with Gasteiger partial charge in [0.05, 0.1) is 26.4 Å². The number of hydrogen-bond acceptors (Lipinski definition) is 15. The zero-order valence-corrected chi connectivity index (χ0v) is 69.3. The number of ether oxygens (including phenoxy) is 4. The molecule has 0 spiro atoms. The highest BCUT2D eigenvalue weighted by Crippen LogP contribution is 2.45. The highest BCUT2D eigenvalue weighted by Gasteiger charge is 2.30. The highest BCUT2D eigenvalue weighted by molar-refractivity contribution is 7.47. The average molecular weight is 1510 g/mol. The van der Waals surface area contributed by atoms with Crippen LogP contribution < -0.4 is 0 Å². The lowest BCUT2D eigenvalue weighted by atomic mass is 10.0. The van der Waals surface area contributed by atoms with E-state index in [0.717, 1.165) is 95.8 Å². The van der Waals surface area contributed by atoms with E-state index in [2.05, 4.69) is 34.6 Å². The SMILES string of the molecule is CCCCCCCCCCCCCCCCCCCCC(=O)OC[C@H](COP(=O)(O)OC[C@@H](O)COP(=O)(O)OC[C@@H](COC(=O)CCCCCCCCCCCCCC)OC(=O)CCCCCCCCCCCCCCC(C)C)OC(=O)CCCCCCCCCCCCCCCCCCCC. The van der Waals surface area contributed by atoms with Gasteiger partial charge in [0.25, 0.3) is 0 Å². The number of unbranched alkanes of at least 4 members (excludes halogenated alkanes) is 56. The van der Waals surface area contributed by atoms with Crippen LogP contribution in [0.1, 0.15) is 452 Å². The number of aliphatic hydroxyl groups is 1. The monoisotopic (exact) mass is 1510 g/mol. The molecule has 103 heavy (non-hydrogen) atoms. The molecule has 0 aromatic rings. The second-order valence-corrected chi connectivity index (χ2v) is 33.6. The Morgan fingerprint density at radius 1 is 0.262 bits per heavy atom. The predicted octanol–water partition coefficient (Wildman–Crippen LogP) is 25.6. The quantitative estimate of drug-likeness (QED) is 0.0222. The summed E-state index contributed by atoms with van der Waals surface area (Å²) in [6.45, 7) is 7.37. The molecule has 0 aromatic carbocycles. The second kappa shape index (κ2) is 76.8. The summed E-state index contributed by atoms with van der Waals surface area (Å²) in [6, 6.07) is 0. The van der Waals surface area contributed by atoms with Gasteiger partial charge in [0, 0.05) is 25.7 Å². The Morgan fingerprint density at radius 2 is 0.447 bits per heavy atom. The zero-order chi connectivity index (χ0) is 75.5. The fourth-order valence-electron chi connectivity index (χ4n) is 13.1. The van der Waals surface area contributed by atoms with Crippen LogP contribution in [-0.4, -0.2) is 96.7 Å². The number of hydrogen-bond donors (Lipinski definition) is 3. The molecule has 19 heteroatoms. The molecule has 0 aliphatic carbocycles. The fraction of sp³-hybridized carbons (Fsp3) is 0.952. The van der Waals surface area contributed by atoms with E-state index < -0.39 is 97.5 Å².